The van der Waals surface area contributed by atoms with Gasteiger partial charge in [-0.3, -0.25) is 0 Å². The van der Waals surface area contributed by atoms with E-state index < -0.39 is 0 Å². The van der Waals surface area contributed by atoms with E-state index in [1.807, 2.05) is 12.1 Å². The van der Waals surface area contributed by atoms with E-state index in [0.717, 1.165) is 24.6 Å². The summed E-state index contributed by atoms with van der Waals surface area (Å²) in [6.07, 6.45) is 3.86. The molecular weight excluding hydrogens is 198 g/mol. The van der Waals surface area contributed by atoms with Crippen LogP contribution in [0.5, 0.6) is 0 Å². The van der Waals surface area contributed by atoms with Crippen LogP contribution in [0.4, 0.5) is 5.82 Å². The molecule has 1 aromatic rings. The quantitative estimate of drug-likeness (QED) is 0.703. The van der Waals surface area contributed by atoms with Crippen molar-refractivity contribution in [3.8, 4) is 0 Å². The van der Waals surface area contributed by atoms with Crippen LogP contribution in [-0.4, -0.2) is 23.3 Å². The molecule has 0 bridgehead atoms. The first kappa shape index (κ1) is 9.71. The van der Waals surface area contributed by atoms with Crippen LogP contribution in [-0.2, 0) is 5.88 Å². The minimum atomic E-state index is 0.438. The van der Waals surface area contributed by atoms with Crippen molar-refractivity contribution >= 4 is 17.4 Å². The fraction of sp³-hybridized carbons (Fsp3) is 0.600. The largest absolute Gasteiger partial charge is 0.355 e. The van der Waals surface area contributed by atoms with Gasteiger partial charge < -0.3 is 4.90 Å². The number of piperidine rings is 1. The van der Waals surface area contributed by atoms with Crippen molar-refractivity contribution in [3.05, 3.63) is 17.8 Å². The molecule has 1 saturated heterocycles. The molecule has 0 atom stereocenters. The van der Waals surface area contributed by atoms with Gasteiger partial charge in [-0.15, -0.1) is 16.7 Å². The zero-order chi connectivity index (χ0) is 9.80. The Morgan fingerprint density at radius 2 is 1.93 bits per heavy atom. The van der Waals surface area contributed by atoms with Crippen LogP contribution in [0.3, 0.4) is 0 Å². The van der Waals surface area contributed by atoms with Crippen molar-refractivity contribution < 1.29 is 0 Å². The summed E-state index contributed by atoms with van der Waals surface area (Å²) in [5, 5.41) is 8.21. The monoisotopic (exact) mass is 211 g/mol. The molecule has 0 saturated carbocycles. The second-order valence-corrected chi connectivity index (χ2v) is 3.83. The highest BCUT2D eigenvalue weighted by Gasteiger charge is 2.11. The first-order valence-electron chi connectivity index (χ1n) is 5.03. The molecule has 14 heavy (non-hydrogen) atoms. The predicted octanol–water partition coefficient (Wildman–Crippen LogP) is 2.21. The molecule has 0 spiro atoms. The summed E-state index contributed by atoms with van der Waals surface area (Å²) in [4.78, 5) is 2.29. The number of aromatic nitrogens is 2. The van der Waals surface area contributed by atoms with E-state index in [-0.39, 0.29) is 0 Å². The number of rotatable bonds is 2. The number of hydrogen-bond acceptors (Lipinski definition) is 3. The third kappa shape index (κ3) is 2.15. The highest BCUT2D eigenvalue weighted by molar-refractivity contribution is 6.16. The average Bonchev–Trinajstić information content (AvgIpc) is 2.30. The van der Waals surface area contributed by atoms with E-state index in [1.54, 1.807) is 0 Å². The van der Waals surface area contributed by atoms with E-state index >= 15 is 0 Å². The molecule has 4 heteroatoms. The summed E-state index contributed by atoms with van der Waals surface area (Å²) in [7, 11) is 0. The lowest BCUT2D eigenvalue weighted by molar-refractivity contribution is 0.571. The SMILES string of the molecule is ClCc1ccc(N2CCCCC2)nn1. The Bertz CT molecular complexity index is 280. The Kier molecular flexibility index (Phi) is 3.19. The van der Waals surface area contributed by atoms with Gasteiger partial charge in [0.2, 0.25) is 0 Å². The van der Waals surface area contributed by atoms with Crippen molar-refractivity contribution in [2.45, 2.75) is 25.1 Å². The zero-order valence-corrected chi connectivity index (χ0v) is 8.87. The Hall–Kier alpha value is -0.830. The van der Waals surface area contributed by atoms with Gasteiger partial charge in [0, 0.05) is 13.1 Å². The summed E-state index contributed by atoms with van der Waals surface area (Å²) in [5.41, 5.74) is 0.840. The maximum Gasteiger partial charge on any atom is 0.151 e. The molecule has 0 unspecified atom stereocenters. The third-order valence-electron chi connectivity index (χ3n) is 2.52. The van der Waals surface area contributed by atoms with Gasteiger partial charge in [-0.05, 0) is 31.4 Å². The first-order chi connectivity index (χ1) is 6.90. The standard InChI is InChI=1S/C10H14ClN3/c11-8-9-4-5-10(13-12-9)14-6-2-1-3-7-14/h4-5H,1-3,6-8H2. The smallest absolute Gasteiger partial charge is 0.151 e. The van der Waals surface area contributed by atoms with E-state index in [1.165, 1.54) is 19.3 Å². The normalized spacial score (nSPS) is 17.1. The highest BCUT2D eigenvalue weighted by atomic mass is 35.5. The minimum Gasteiger partial charge on any atom is -0.355 e. The van der Waals surface area contributed by atoms with Gasteiger partial charge in [-0.2, -0.15) is 5.10 Å². The third-order valence-corrected chi connectivity index (χ3v) is 2.80. The Morgan fingerprint density at radius 1 is 1.14 bits per heavy atom. The van der Waals surface area contributed by atoms with Gasteiger partial charge in [-0.25, -0.2) is 0 Å². The molecule has 0 N–H and O–H groups in total. The van der Waals surface area contributed by atoms with Crippen LogP contribution in [0.25, 0.3) is 0 Å². The summed E-state index contributed by atoms with van der Waals surface area (Å²) in [5.74, 6) is 1.42. The van der Waals surface area contributed by atoms with Crippen LogP contribution < -0.4 is 4.90 Å². The molecule has 2 heterocycles. The molecule has 1 aliphatic rings. The van der Waals surface area contributed by atoms with Crippen molar-refractivity contribution in [1.29, 1.82) is 0 Å². The lowest BCUT2D eigenvalue weighted by Gasteiger charge is -2.27. The second kappa shape index (κ2) is 4.60. The fourth-order valence-corrected chi connectivity index (χ4v) is 1.86. The van der Waals surface area contributed by atoms with Crippen molar-refractivity contribution in [1.82, 2.24) is 10.2 Å². The molecule has 3 nitrogen and oxygen atoms in total. The number of hydrogen-bond donors (Lipinski definition) is 0. The van der Waals surface area contributed by atoms with Crippen molar-refractivity contribution in [2.24, 2.45) is 0 Å². The van der Waals surface area contributed by atoms with E-state index in [2.05, 4.69) is 15.1 Å². The molecule has 76 valence electrons. The summed E-state index contributed by atoms with van der Waals surface area (Å²) >= 11 is 5.65. The zero-order valence-electron chi connectivity index (χ0n) is 8.12. The average molecular weight is 212 g/mol. The Morgan fingerprint density at radius 3 is 2.50 bits per heavy atom. The summed E-state index contributed by atoms with van der Waals surface area (Å²) < 4.78 is 0. The lowest BCUT2D eigenvalue weighted by atomic mass is 10.1. The lowest BCUT2D eigenvalue weighted by Crippen LogP contribution is -2.30. The van der Waals surface area contributed by atoms with E-state index in [9.17, 15) is 0 Å². The van der Waals surface area contributed by atoms with E-state index in [0.29, 0.717) is 5.88 Å². The molecule has 2 rings (SSSR count). The van der Waals surface area contributed by atoms with Crippen LogP contribution in [0.1, 0.15) is 25.0 Å². The van der Waals surface area contributed by atoms with Crippen LogP contribution in [0.2, 0.25) is 0 Å². The van der Waals surface area contributed by atoms with Gasteiger partial charge in [-0.1, -0.05) is 0 Å². The second-order valence-electron chi connectivity index (χ2n) is 3.56. The topological polar surface area (TPSA) is 29.0 Å². The van der Waals surface area contributed by atoms with Crippen molar-refractivity contribution in [2.75, 3.05) is 18.0 Å². The molecule has 0 radical (unpaired) electrons. The predicted molar refractivity (Wildman–Crippen MR) is 57.7 cm³/mol. The van der Waals surface area contributed by atoms with Gasteiger partial charge in [0.25, 0.3) is 0 Å². The van der Waals surface area contributed by atoms with Crippen LogP contribution in [0, 0.1) is 0 Å². The first-order valence-corrected chi connectivity index (χ1v) is 5.57. The molecule has 0 aromatic carbocycles. The number of alkyl halides is 1. The molecular formula is C10H14ClN3. The highest BCUT2D eigenvalue weighted by Crippen LogP contribution is 2.16. The van der Waals surface area contributed by atoms with E-state index in [4.69, 9.17) is 11.6 Å². The van der Waals surface area contributed by atoms with Gasteiger partial charge in [0.1, 0.15) is 0 Å². The van der Waals surface area contributed by atoms with Crippen molar-refractivity contribution in [3.63, 3.8) is 0 Å². The number of nitrogens with zero attached hydrogens (tertiary/aromatic N) is 3. The Balaban J connectivity index is 2.07. The molecule has 1 aromatic heterocycles. The van der Waals surface area contributed by atoms with Crippen LogP contribution in [0.15, 0.2) is 12.1 Å². The summed E-state index contributed by atoms with van der Waals surface area (Å²) in [6, 6.07) is 3.96. The summed E-state index contributed by atoms with van der Waals surface area (Å²) in [6.45, 7) is 2.21. The molecule has 0 amide bonds. The van der Waals surface area contributed by atoms with Gasteiger partial charge >= 0.3 is 0 Å². The van der Waals surface area contributed by atoms with Gasteiger partial charge in [0.05, 0.1) is 11.6 Å². The maximum absolute atomic E-state index is 5.65. The molecule has 1 fully saturated rings. The fourth-order valence-electron chi connectivity index (χ4n) is 1.72. The molecule has 0 aliphatic carbocycles. The maximum atomic E-state index is 5.65. The minimum absolute atomic E-state index is 0.438. The Labute approximate surface area is 89.1 Å². The number of halogens is 1. The number of anilines is 1. The van der Waals surface area contributed by atoms with Crippen LogP contribution >= 0.6 is 11.6 Å². The molecule has 1 aliphatic heterocycles. The van der Waals surface area contributed by atoms with Gasteiger partial charge in [0.15, 0.2) is 5.82 Å².